The van der Waals surface area contributed by atoms with Crippen LogP contribution in [-0.4, -0.2) is 37.6 Å². The summed E-state index contributed by atoms with van der Waals surface area (Å²) in [6, 6.07) is 0.721. The van der Waals surface area contributed by atoms with Crippen LogP contribution in [0.15, 0.2) is 0 Å². The van der Waals surface area contributed by atoms with E-state index in [1.165, 1.54) is 32.5 Å². The van der Waals surface area contributed by atoms with Crippen molar-refractivity contribution >= 4 is 0 Å². The Hall–Kier alpha value is -0.0800. The summed E-state index contributed by atoms with van der Waals surface area (Å²) in [5, 5.41) is 3.77. The Morgan fingerprint density at radius 1 is 1.19 bits per heavy atom. The van der Waals surface area contributed by atoms with E-state index in [0.717, 1.165) is 23.8 Å². The molecule has 1 N–H and O–H groups in total. The maximum atomic E-state index is 3.77. The van der Waals surface area contributed by atoms with Crippen LogP contribution in [0.3, 0.4) is 0 Å². The molecule has 1 heterocycles. The summed E-state index contributed by atoms with van der Waals surface area (Å²) < 4.78 is 0. The van der Waals surface area contributed by atoms with Crippen LogP contribution >= 0.6 is 0 Å². The van der Waals surface area contributed by atoms with Crippen molar-refractivity contribution in [2.45, 2.75) is 46.6 Å². The average Bonchev–Trinajstić information content (AvgIpc) is 2.16. The molecule has 16 heavy (non-hydrogen) atoms. The van der Waals surface area contributed by atoms with Gasteiger partial charge in [0.05, 0.1) is 0 Å². The predicted molar refractivity (Wildman–Crippen MR) is 71.7 cm³/mol. The predicted octanol–water partition coefficient (Wildman–Crippen LogP) is 2.60. The third-order valence-corrected chi connectivity index (χ3v) is 3.98. The molecule has 0 saturated carbocycles. The van der Waals surface area contributed by atoms with E-state index in [0.29, 0.717) is 0 Å². The van der Waals surface area contributed by atoms with Crippen molar-refractivity contribution in [3.8, 4) is 0 Å². The number of nitrogens with one attached hydrogen (secondary N) is 1. The van der Waals surface area contributed by atoms with Crippen molar-refractivity contribution in [3.63, 3.8) is 0 Å². The monoisotopic (exact) mass is 226 g/mol. The number of hydrogen-bond donors (Lipinski definition) is 1. The van der Waals surface area contributed by atoms with Crippen molar-refractivity contribution in [2.75, 3.05) is 26.7 Å². The second-order valence-electron chi connectivity index (χ2n) is 6.16. The Labute approximate surface area is 102 Å². The molecule has 1 fully saturated rings. The van der Waals surface area contributed by atoms with E-state index in [4.69, 9.17) is 0 Å². The first-order valence-electron chi connectivity index (χ1n) is 6.92. The Balaban J connectivity index is 2.31. The van der Waals surface area contributed by atoms with Crippen molar-refractivity contribution in [1.82, 2.24) is 10.2 Å². The molecule has 2 heteroatoms. The summed E-state index contributed by atoms with van der Waals surface area (Å²) in [4.78, 5) is 2.45. The van der Waals surface area contributed by atoms with E-state index in [9.17, 15) is 0 Å². The molecule has 0 aromatic carbocycles. The lowest BCUT2D eigenvalue weighted by Gasteiger charge is -2.33. The average molecular weight is 226 g/mol. The van der Waals surface area contributed by atoms with E-state index < -0.39 is 0 Å². The van der Waals surface area contributed by atoms with Gasteiger partial charge in [-0.05, 0) is 50.7 Å². The summed E-state index contributed by atoms with van der Waals surface area (Å²) in [7, 11) is 2.23. The zero-order valence-electron chi connectivity index (χ0n) is 11.8. The van der Waals surface area contributed by atoms with E-state index in [1.54, 1.807) is 0 Å². The van der Waals surface area contributed by atoms with E-state index in [1.807, 2.05) is 0 Å². The van der Waals surface area contributed by atoms with E-state index in [2.05, 4.69) is 45.0 Å². The SMILES string of the molecule is CC(C)C(CNC1CCCN(C)C1)C(C)C. The molecule has 0 spiro atoms. The van der Waals surface area contributed by atoms with Gasteiger partial charge in [0.25, 0.3) is 0 Å². The van der Waals surface area contributed by atoms with Crippen molar-refractivity contribution in [2.24, 2.45) is 17.8 Å². The third-order valence-electron chi connectivity index (χ3n) is 3.98. The fourth-order valence-corrected chi connectivity index (χ4v) is 2.88. The van der Waals surface area contributed by atoms with Crippen molar-refractivity contribution < 1.29 is 0 Å². The number of nitrogens with zero attached hydrogens (tertiary/aromatic N) is 1. The minimum absolute atomic E-state index is 0.721. The molecule has 1 aliphatic rings. The van der Waals surface area contributed by atoms with Gasteiger partial charge in [-0.3, -0.25) is 0 Å². The van der Waals surface area contributed by atoms with Crippen LogP contribution in [0.5, 0.6) is 0 Å². The van der Waals surface area contributed by atoms with Gasteiger partial charge < -0.3 is 10.2 Å². The summed E-state index contributed by atoms with van der Waals surface area (Å²) in [6.07, 6.45) is 2.70. The highest BCUT2D eigenvalue weighted by atomic mass is 15.1. The lowest BCUT2D eigenvalue weighted by molar-refractivity contribution is 0.203. The quantitative estimate of drug-likeness (QED) is 0.775. The smallest absolute Gasteiger partial charge is 0.0195 e. The number of likely N-dealkylation sites (N-methyl/N-ethyl adjacent to an activating group) is 1. The molecule has 1 unspecified atom stereocenters. The van der Waals surface area contributed by atoms with Crippen LogP contribution in [0.2, 0.25) is 0 Å². The van der Waals surface area contributed by atoms with Gasteiger partial charge >= 0.3 is 0 Å². The third kappa shape index (κ3) is 4.42. The first-order chi connectivity index (χ1) is 7.50. The largest absolute Gasteiger partial charge is 0.312 e. The van der Waals surface area contributed by atoms with Crippen LogP contribution in [0.25, 0.3) is 0 Å². The number of hydrogen-bond acceptors (Lipinski definition) is 2. The standard InChI is InChI=1S/C14H30N2/c1-11(2)14(12(3)4)9-15-13-7-6-8-16(5)10-13/h11-15H,6-10H2,1-5H3. The molecule has 0 aliphatic carbocycles. The van der Waals surface area contributed by atoms with Gasteiger partial charge in [0, 0.05) is 12.6 Å². The molecule has 1 atom stereocenters. The molecule has 0 aromatic rings. The Bertz CT molecular complexity index is 181. The highest BCUT2D eigenvalue weighted by molar-refractivity contribution is 4.79. The summed E-state index contributed by atoms with van der Waals surface area (Å²) in [5.74, 6) is 2.38. The lowest BCUT2D eigenvalue weighted by atomic mass is 9.85. The molecule has 0 aromatic heterocycles. The fraction of sp³-hybridized carbons (Fsp3) is 1.00. The van der Waals surface area contributed by atoms with Crippen molar-refractivity contribution in [1.29, 1.82) is 0 Å². The Kier molecular flexibility index (Phi) is 5.77. The van der Waals surface area contributed by atoms with Crippen LogP contribution in [0.1, 0.15) is 40.5 Å². The van der Waals surface area contributed by atoms with Gasteiger partial charge in [0.1, 0.15) is 0 Å². The van der Waals surface area contributed by atoms with Crippen LogP contribution in [-0.2, 0) is 0 Å². The van der Waals surface area contributed by atoms with Gasteiger partial charge in [-0.25, -0.2) is 0 Å². The summed E-state index contributed by atoms with van der Waals surface area (Å²) in [5.41, 5.74) is 0. The van der Waals surface area contributed by atoms with Crippen molar-refractivity contribution in [3.05, 3.63) is 0 Å². The highest BCUT2D eigenvalue weighted by Crippen LogP contribution is 2.20. The number of rotatable bonds is 5. The summed E-state index contributed by atoms with van der Waals surface area (Å²) in [6.45, 7) is 13.1. The number of likely N-dealkylation sites (tertiary alicyclic amines) is 1. The second kappa shape index (κ2) is 6.61. The first-order valence-corrected chi connectivity index (χ1v) is 6.92. The molecule has 2 nitrogen and oxygen atoms in total. The van der Waals surface area contributed by atoms with Gasteiger partial charge in [0.2, 0.25) is 0 Å². The molecule has 96 valence electrons. The molecule has 0 bridgehead atoms. The van der Waals surface area contributed by atoms with E-state index in [-0.39, 0.29) is 0 Å². The maximum absolute atomic E-state index is 3.77. The Morgan fingerprint density at radius 2 is 1.81 bits per heavy atom. The topological polar surface area (TPSA) is 15.3 Å². The van der Waals surface area contributed by atoms with Gasteiger partial charge in [-0.1, -0.05) is 27.7 Å². The van der Waals surface area contributed by atoms with Crippen LogP contribution in [0.4, 0.5) is 0 Å². The molecule has 1 rings (SSSR count). The zero-order valence-corrected chi connectivity index (χ0v) is 11.8. The van der Waals surface area contributed by atoms with Crippen LogP contribution < -0.4 is 5.32 Å². The molecule has 0 radical (unpaired) electrons. The molecule has 1 saturated heterocycles. The molecular formula is C14H30N2. The minimum Gasteiger partial charge on any atom is -0.312 e. The van der Waals surface area contributed by atoms with E-state index >= 15 is 0 Å². The van der Waals surface area contributed by atoms with Gasteiger partial charge in [0.15, 0.2) is 0 Å². The van der Waals surface area contributed by atoms with Gasteiger partial charge in [-0.2, -0.15) is 0 Å². The fourth-order valence-electron chi connectivity index (χ4n) is 2.88. The normalized spacial score (nSPS) is 23.6. The minimum atomic E-state index is 0.721. The second-order valence-corrected chi connectivity index (χ2v) is 6.16. The lowest BCUT2D eigenvalue weighted by Crippen LogP contribution is -2.46. The molecular weight excluding hydrogens is 196 g/mol. The summed E-state index contributed by atoms with van der Waals surface area (Å²) >= 11 is 0. The molecule has 0 amide bonds. The highest BCUT2D eigenvalue weighted by Gasteiger charge is 2.21. The molecule has 1 aliphatic heterocycles. The first kappa shape index (κ1) is 14.0. The zero-order chi connectivity index (χ0) is 12.1. The number of piperidine rings is 1. The Morgan fingerprint density at radius 3 is 2.31 bits per heavy atom. The maximum Gasteiger partial charge on any atom is 0.0195 e. The van der Waals surface area contributed by atoms with Gasteiger partial charge in [-0.15, -0.1) is 0 Å². The van der Waals surface area contributed by atoms with Crippen LogP contribution in [0, 0.1) is 17.8 Å².